The van der Waals surface area contributed by atoms with Gasteiger partial charge in [-0.25, -0.2) is 0 Å². The largest absolute Gasteiger partial charge is 0.307 e. The molecule has 6 heterocycles. The normalized spacial score (nSPS) is 15.9. The van der Waals surface area contributed by atoms with Crippen molar-refractivity contribution in [2.75, 3.05) is 22.9 Å². The smallest absolute Gasteiger partial charge is 0.259 e. The lowest BCUT2D eigenvalue weighted by molar-refractivity contribution is -0.114. The number of aryl methyl sites for hydroxylation is 2. The van der Waals surface area contributed by atoms with Gasteiger partial charge in [0.05, 0.1) is 22.5 Å². The fourth-order valence-corrected chi connectivity index (χ4v) is 13.7. The van der Waals surface area contributed by atoms with Gasteiger partial charge in [0.25, 0.3) is 11.8 Å². The highest BCUT2D eigenvalue weighted by Crippen LogP contribution is 2.51. The molecular formula is C51H58B2N2O2S4. The summed E-state index contributed by atoms with van der Waals surface area (Å²) < 4.78 is 2.63. The predicted octanol–water partition coefficient (Wildman–Crippen LogP) is 12.0. The molecule has 2 aromatic carbocycles. The van der Waals surface area contributed by atoms with Crippen molar-refractivity contribution in [3.63, 3.8) is 0 Å². The summed E-state index contributed by atoms with van der Waals surface area (Å²) in [5, 5.41) is 0. The maximum Gasteiger partial charge on any atom is 0.259 e. The molecule has 0 bridgehead atoms. The summed E-state index contributed by atoms with van der Waals surface area (Å²) in [7, 11) is 4.33. The third-order valence-corrected chi connectivity index (χ3v) is 17.7. The number of anilines is 2. The topological polar surface area (TPSA) is 40.6 Å². The second-order valence-electron chi connectivity index (χ2n) is 17.1. The number of carbonyl (C=O) groups is 2. The van der Waals surface area contributed by atoms with Crippen molar-refractivity contribution >= 4 is 105 Å². The van der Waals surface area contributed by atoms with E-state index in [2.05, 4.69) is 130 Å². The molecule has 0 fully saturated rings. The number of rotatable bonds is 17. The van der Waals surface area contributed by atoms with Crippen LogP contribution in [0.5, 0.6) is 0 Å². The van der Waals surface area contributed by atoms with Crippen molar-refractivity contribution in [1.82, 2.24) is 0 Å². The van der Waals surface area contributed by atoms with E-state index in [0.29, 0.717) is 36.1 Å². The van der Waals surface area contributed by atoms with Crippen molar-refractivity contribution in [3.8, 4) is 40.4 Å². The number of benzene rings is 2. The molecule has 4 aromatic heterocycles. The number of nitrogens with zero attached hydrogens (tertiary/aromatic N) is 2. The lowest BCUT2D eigenvalue weighted by atomic mass is 9.94. The molecule has 8 rings (SSSR count). The maximum absolute atomic E-state index is 15.3. The molecule has 2 unspecified atom stereocenters. The van der Waals surface area contributed by atoms with Gasteiger partial charge in [-0.05, 0) is 106 Å². The Bertz CT molecular complexity index is 2610. The van der Waals surface area contributed by atoms with Crippen LogP contribution in [0.25, 0.3) is 51.5 Å². The summed E-state index contributed by atoms with van der Waals surface area (Å²) in [5.74, 6) is 0.664. The summed E-state index contributed by atoms with van der Waals surface area (Å²) in [6, 6.07) is 26.6. The van der Waals surface area contributed by atoms with Gasteiger partial charge in [-0.2, -0.15) is 22.7 Å². The number of hydrogen-bond acceptors (Lipinski definition) is 6. The van der Waals surface area contributed by atoms with Gasteiger partial charge in [0.15, 0.2) is 15.7 Å². The fraction of sp³-hybridized carbons (Fsp3) is 0.373. The van der Waals surface area contributed by atoms with E-state index in [9.17, 15) is 0 Å². The minimum absolute atomic E-state index is 0.0414. The van der Waals surface area contributed by atoms with Crippen LogP contribution in [0.1, 0.15) is 108 Å². The van der Waals surface area contributed by atoms with Crippen LogP contribution in [0.3, 0.4) is 0 Å². The lowest BCUT2D eigenvalue weighted by Crippen LogP contribution is -2.34. The Kier molecular flexibility index (Phi) is 13.5. The van der Waals surface area contributed by atoms with Crippen molar-refractivity contribution in [1.29, 1.82) is 0 Å². The summed E-state index contributed by atoms with van der Waals surface area (Å²) in [6.07, 6.45) is 9.66. The van der Waals surface area contributed by atoms with Gasteiger partial charge >= 0.3 is 0 Å². The van der Waals surface area contributed by atoms with E-state index in [4.69, 9.17) is 0 Å². The third-order valence-electron chi connectivity index (χ3n) is 12.9. The number of hydrogen-bond donors (Lipinski definition) is 0. The molecule has 2 amide bonds. The molecule has 0 saturated heterocycles. The van der Waals surface area contributed by atoms with Gasteiger partial charge in [-0.1, -0.05) is 110 Å². The Balaban J connectivity index is 1.27. The second-order valence-corrected chi connectivity index (χ2v) is 21.8. The highest BCUT2D eigenvalue weighted by atomic mass is 32.1. The molecule has 2 aliphatic rings. The number of carbonyl (C=O) groups excluding carboxylic acids is 2. The van der Waals surface area contributed by atoms with Crippen molar-refractivity contribution in [2.24, 2.45) is 11.8 Å². The first-order valence-electron chi connectivity index (χ1n) is 22.6. The Hall–Kier alpha value is -3.95. The molecular weight excluding hydrogens is 822 g/mol. The van der Waals surface area contributed by atoms with E-state index >= 15 is 9.59 Å². The van der Waals surface area contributed by atoms with Crippen LogP contribution >= 0.6 is 45.3 Å². The number of amides is 2. The van der Waals surface area contributed by atoms with Gasteiger partial charge in [0.1, 0.15) is 0 Å². The first-order valence-corrected chi connectivity index (χ1v) is 25.9. The predicted molar refractivity (Wildman–Crippen MR) is 275 cm³/mol. The van der Waals surface area contributed by atoms with E-state index in [1.165, 1.54) is 49.9 Å². The third kappa shape index (κ3) is 8.59. The van der Waals surface area contributed by atoms with E-state index in [1.54, 1.807) is 0 Å². The number of thiophene rings is 4. The minimum atomic E-state index is -0.0424. The molecule has 6 aromatic rings. The van der Waals surface area contributed by atoms with Crippen LogP contribution in [-0.4, -0.2) is 40.6 Å². The molecule has 2 atom stereocenters. The van der Waals surface area contributed by atoms with E-state index in [1.807, 2.05) is 55.1 Å². The molecule has 10 heteroatoms. The van der Waals surface area contributed by atoms with Crippen molar-refractivity contribution in [2.45, 2.75) is 99.3 Å². The van der Waals surface area contributed by atoms with Gasteiger partial charge in [-0.3, -0.25) is 9.59 Å². The zero-order chi connectivity index (χ0) is 42.9. The molecule has 0 saturated carbocycles. The van der Waals surface area contributed by atoms with Crippen LogP contribution in [0.2, 0.25) is 0 Å². The Morgan fingerprint density at radius 2 is 1.03 bits per heavy atom. The summed E-state index contributed by atoms with van der Waals surface area (Å²) in [6.45, 7) is 14.7. The van der Waals surface area contributed by atoms with E-state index in [-0.39, 0.29) is 11.8 Å². The molecule has 0 aliphatic carbocycles. The second kappa shape index (κ2) is 18.8. The average molecular weight is 881 g/mol. The molecule has 0 radical (unpaired) electrons. The zero-order valence-corrected chi connectivity index (χ0v) is 40.5. The summed E-state index contributed by atoms with van der Waals surface area (Å²) in [4.78, 5) is 42.2. The highest BCUT2D eigenvalue weighted by Gasteiger charge is 2.43. The monoisotopic (exact) mass is 880 g/mol. The van der Waals surface area contributed by atoms with Crippen molar-refractivity contribution in [3.05, 3.63) is 95.1 Å². The Labute approximate surface area is 381 Å². The molecule has 4 nitrogen and oxygen atoms in total. The molecule has 61 heavy (non-hydrogen) atoms. The minimum Gasteiger partial charge on any atom is -0.307 e. The van der Waals surface area contributed by atoms with Gasteiger partial charge < -0.3 is 9.80 Å². The molecule has 314 valence electrons. The Morgan fingerprint density at radius 3 is 1.48 bits per heavy atom. The summed E-state index contributed by atoms with van der Waals surface area (Å²) >= 11 is 7.36. The molecule has 2 aliphatic heterocycles. The maximum atomic E-state index is 15.3. The lowest BCUT2D eigenvalue weighted by Gasteiger charge is -2.24. The fourth-order valence-electron chi connectivity index (χ4n) is 9.18. The molecule has 0 spiro atoms. The van der Waals surface area contributed by atoms with Gasteiger partial charge in [-0.15, -0.1) is 22.7 Å². The first-order chi connectivity index (χ1) is 29.6. The van der Waals surface area contributed by atoms with Crippen LogP contribution in [0.4, 0.5) is 11.4 Å². The van der Waals surface area contributed by atoms with Crippen molar-refractivity contribution < 1.29 is 9.59 Å². The quantitative estimate of drug-likeness (QED) is 0.0676. The van der Waals surface area contributed by atoms with Crippen LogP contribution in [0, 0.1) is 18.8 Å². The SMILES string of the molecule is Bc1ccc(-c2sc(-c3ccc4c(c3)N(CC(CC)CCCC)C(=O)/C4=C3/C(=O)N(CC(CC)CCCC)c4cc(-c5cc(CC)c(-c6ccc(B)s6)s5)ccc43)cc2C)s1. The van der Waals surface area contributed by atoms with Crippen LogP contribution in [-0.2, 0) is 16.0 Å². The average Bonchev–Trinajstić information content (AvgIpc) is 4.13. The number of fused-ring (bicyclic) bond motifs is 2. The standard InChI is InChI=1S/C51H58B2N2O2S4/c1-7-12-14-31(9-3)28-54-38-25-34(42-24-30(6)48(60-42)40-20-22-44(52)58-40)16-18-36(38)46(50(54)56)47-37-19-17-35(26-39(37)55(51(47)57)29-32(10-4)15-13-8-2)43-27-33(11-5)49(61-43)41-21-23-45(53)59-41/h16-27,31-32H,7-15,28-29,52-53H2,1-6H3/b47-46+. The van der Waals surface area contributed by atoms with Crippen LogP contribution < -0.4 is 19.4 Å². The first kappa shape index (κ1) is 43.7. The van der Waals surface area contributed by atoms with Crippen LogP contribution in [0.15, 0.2) is 72.8 Å². The molecule has 0 N–H and O–H groups in total. The highest BCUT2D eigenvalue weighted by molar-refractivity contribution is 7.28. The van der Waals surface area contributed by atoms with Gasteiger partial charge in [0, 0.05) is 53.5 Å². The Morgan fingerprint density at radius 1 is 0.557 bits per heavy atom. The number of unbranched alkanes of at least 4 members (excludes halogenated alkanes) is 2. The van der Waals surface area contributed by atoms with Gasteiger partial charge in [0.2, 0.25) is 0 Å². The van der Waals surface area contributed by atoms with E-state index < -0.39 is 0 Å². The summed E-state index contributed by atoms with van der Waals surface area (Å²) in [5.41, 5.74) is 9.61. The zero-order valence-electron chi connectivity index (χ0n) is 37.2. The van der Waals surface area contributed by atoms with E-state index in [0.717, 1.165) is 91.4 Å².